The van der Waals surface area contributed by atoms with Crippen molar-refractivity contribution in [1.29, 1.82) is 0 Å². The summed E-state index contributed by atoms with van der Waals surface area (Å²) >= 11 is 0. The molecule has 0 unspecified atom stereocenters. The van der Waals surface area contributed by atoms with Gasteiger partial charge in [-0.15, -0.1) is 0 Å². The Morgan fingerprint density at radius 1 is 1.00 bits per heavy atom. The molecule has 0 saturated carbocycles. The van der Waals surface area contributed by atoms with Crippen LogP contribution < -0.4 is 15.0 Å². The van der Waals surface area contributed by atoms with Crippen LogP contribution in [0.1, 0.15) is 34.7 Å². The Balaban J connectivity index is 1.27. The van der Waals surface area contributed by atoms with Gasteiger partial charge < -0.3 is 19.4 Å². The third kappa shape index (κ3) is 4.96. The molecule has 0 atom stereocenters. The molecule has 1 aliphatic rings. The van der Waals surface area contributed by atoms with E-state index in [4.69, 9.17) is 9.15 Å². The summed E-state index contributed by atoms with van der Waals surface area (Å²) in [4.78, 5) is 14.7. The zero-order valence-corrected chi connectivity index (χ0v) is 16.1. The molecule has 0 aliphatic carbocycles. The van der Waals surface area contributed by atoms with Crippen molar-refractivity contribution >= 4 is 11.6 Å². The van der Waals surface area contributed by atoms with Gasteiger partial charge in [0.25, 0.3) is 5.91 Å². The molecule has 2 aromatic carbocycles. The van der Waals surface area contributed by atoms with Crippen LogP contribution in [0, 0.1) is 5.82 Å². The summed E-state index contributed by atoms with van der Waals surface area (Å²) in [6.45, 7) is 2.82. The highest BCUT2D eigenvalue weighted by Gasteiger charge is 2.13. The van der Waals surface area contributed by atoms with Crippen molar-refractivity contribution in [3.05, 3.63) is 83.6 Å². The number of carbonyl (C=O) groups excluding carboxylic acids is 1. The van der Waals surface area contributed by atoms with Gasteiger partial charge in [0.15, 0.2) is 5.76 Å². The van der Waals surface area contributed by atoms with Gasteiger partial charge in [0.05, 0.1) is 0 Å². The van der Waals surface area contributed by atoms with Gasteiger partial charge in [0.1, 0.15) is 23.9 Å². The number of anilines is 1. The molecule has 2 heterocycles. The number of amides is 1. The Hall–Kier alpha value is -3.28. The van der Waals surface area contributed by atoms with Gasteiger partial charge >= 0.3 is 0 Å². The fraction of sp³-hybridized carbons (Fsp3) is 0.261. The number of hydrogen-bond acceptors (Lipinski definition) is 4. The standard InChI is InChI=1S/C23H23FN2O3/c24-18-5-9-20(10-6-18)28-16-21-11-12-22(29-21)23(27)25-15-17-3-7-19(8-4-17)26-13-1-2-14-26/h3-12H,1-2,13-16H2,(H,25,27). The Labute approximate surface area is 169 Å². The number of carbonyl (C=O) groups is 1. The van der Waals surface area contributed by atoms with Crippen molar-refractivity contribution in [2.45, 2.75) is 26.0 Å². The molecule has 0 radical (unpaired) electrons. The fourth-order valence-electron chi connectivity index (χ4n) is 3.33. The van der Waals surface area contributed by atoms with E-state index in [0.717, 1.165) is 18.7 Å². The van der Waals surface area contributed by atoms with E-state index in [2.05, 4.69) is 22.3 Å². The normalized spacial score (nSPS) is 13.5. The highest BCUT2D eigenvalue weighted by Crippen LogP contribution is 2.20. The van der Waals surface area contributed by atoms with Crippen molar-refractivity contribution in [2.24, 2.45) is 0 Å². The van der Waals surface area contributed by atoms with E-state index in [9.17, 15) is 9.18 Å². The summed E-state index contributed by atoms with van der Waals surface area (Å²) < 4.78 is 24.0. The third-order valence-electron chi connectivity index (χ3n) is 4.94. The van der Waals surface area contributed by atoms with E-state index in [-0.39, 0.29) is 24.1 Å². The van der Waals surface area contributed by atoms with Crippen LogP contribution in [-0.4, -0.2) is 19.0 Å². The molecule has 1 aromatic heterocycles. The molecule has 1 aliphatic heterocycles. The number of benzene rings is 2. The highest BCUT2D eigenvalue weighted by atomic mass is 19.1. The molecule has 0 spiro atoms. The second-order valence-electron chi connectivity index (χ2n) is 7.05. The van der Waals surface area contributed by atoms with Crippen LogP contribution in [0.3, 0.4) is 0 Å². The maximum atomic E-state index is 12.9. The number of halogens is 1. The third-order valence-corrected chi connectivity index (χ3v) is 4.94. The zero-order chi connectivity index (χ0) is 20.1. The number of hydrogen-bond donors (Lipinski definition) is 1. The number of nitrogens with zero attached hydrogens (tertiary/aromatic N) is 1. The molecule has 6 heteroatoms. The van der Waals surface area contributed by atoms with E-state index < -0.39 is 0 Å². The summed E-state index contributed by atoms with van der Waals surface area (Å²) in [6.07, 6.45) is 2.50. The molecule has 1 N–H and O–H groups in total. The second-order valence-corrected chi connectivity index (χ2v) is 7.05. The monoisotopic (exact) mass is 394 g/mol. The Morgan fingerprint density at radius 2 is 1.72 bits per heavy atom. The maximum Gasteiger partial charge on any atom is 0.287 e. The van der Waals surface area contributed by atoms with Crippen molar-refractivity contribution in [3.63, 3.8) is 0 Å². The van der Waals surface area contributed by atoms with Crippen LogP contribution in [0.4, 0.5) is 10.1 Å². The molecule has 29 heavy (non-hydrogen) atoms. The van der Waals surface area contributed by atoms with Crippen LogP contribution in [0.15, 0.2) is 65.1 Å². The first-order valence-electron chi connectivity index (χ1n) is 9.76. The lowest BCUT2D eigenvalue weighted by Gasteiger charge is -2.17. The summed E-state index contributed by atoms with van der Waals surface area (Å²) in [5.41, 5.74) is 2.27. The lowest BCUT2D eigenvalue weighted by Crippen LogP contribution is -2.22. The second kappa shape index (κ2) is 8.82. The quantitative estimate of drug-likeness (QED) is 0.640. The molecular formula is C23H23FN2O3. The summed E-state index contributed by atoms with van der Waals surface area (Å²) in [5.74, 6) is 0.693. The molecule has 150 valence electrons. The van der Waals surface area contributed by atoms with Gasteiger partial charge in [-0.05, 0) is 66.9 Å². The summed E-state index contributed by atoms with van der Waals surface area (Å²) in [7, 11) is 0. The van der Waals surface area contributed by atoms with E-state index in [0.29, 0.717) is 18.1 Å². The molecule has 1 amide bonds. The first kappa shape index (κ1) is 19.1. The lowest BCUT2D eigenvalue weighted by atomic mass is 10.2. The number of furan rings is 1. The number of nitrogens with one attached hydrogen (secondary N) is 1. The Kier molecular flexibility index (Phi) is 5.79. The van der Waals surface area contributed by atoms with Crippen LogP contribution in [-0.2, 0) is 13.2 Å². The predicted octanol–water partition coefficient (Wildman–Crippen LogP) is 4.53. The van der Waals surface area contributed by atoms with E-state index in [1.54, 1.807) is 24.3 Å². The van der Waals surface area contributed by atoms with Crippen LogP contribution in [0.5, 0.6) is 5.75 Å². The van der Waals surface area contributed by atoms with Crippen molar-refractivity contribution in [1.82, 2.24) is 5.32 Å². The maximum absolute atomic E-state index is 12.9. The van der Waals surface area contributed by atoms with Crippen LogP contribution >= 0.6 is 0 Å². The summed E-state index contributed by atoms with van der Waals surface area (Å²) in [5, 5.41) is 2.87. The number of ether oxygens (including phenoxy) is 1. The first-order chi connectivity index (χ1) is 14.2. The topological polar surface area (TPSA) is 54.7 Å². The molecule has 1 saturated heterocycles. The average molecular weight is 394 g/mol. The first-order valence-corrected chi connectivity index (χ1v) is 9.76. The minimum absolute atomic E-state index is 0.164. The van der Waals surface area contributed by atoms with E-state index in [1.807, 2.05) is 12.1 Å². The molecule has 0 bridgehead atoms. The zero-order valence-electron chi connectivity index (χ0n) is 16.1. The van der Waals surface area contributed by atoms with Crippen LogP contribution in [0.2, 0.25) is 0 Å². The highest BCUT2D eigenvalue weighted by molar-refractivity contribution is 5.91. The Morgan fingerprint density at radius 3 is 2.45 bits per heavy atom. The molecular weight excluding hydrogens is 371 g/mol. The molecule has 5 nitrogen and oxygen atoms in total. The van der Waals surface area contributed by atoms with Gasteiger partial charge in [0, 0.05) is 25.3 Å². The minimum atomic E-state index is -0.319. The molecule has 4 rings (SSSR count). The Bertz CT molecular complexity index is 945. The SMILES string of the molecule is O=C(NCc1ccc(N2CCCC2)cc1)c1ccc(COc2ccc(F)cc2)o1. The van der Waals surface area contributed by atoms with Crippen molar-refractivity contribution < 1.29 is 18.3 Å². The largest absolute Gasteiger partial charge is 0.486 e. The van der Waals surface area contributed by atoms with Gasteiger partial charge in [-0.3, -0.25) is 4.79 Å². The van der Waals surface area contributed by atoms with Gasteiger partial charge in [-0.1, -0.05) is 12.1 Å². The lowest BCUT2D eigenvalue weighted by molar-refractivity contribution is 0.0919. The molecule has 3 aromatic rings. The van der Waals surface area contributed by atoms with Crippen molar-refractivity contribution in [3.8, 4) is 5.75 Å². The minimum Gasteiger partial charge on any atom is -0.486 e. The van der Waals surface area contributed by atoms with Crippen molar-refractivity contribution in [2.75, 3.05) is 18.0 Å². The van der Waals surface area contributed by atoms with Crippen LogP contribution in [0.25, 0.3) is 0 Å². The fourth-order valence-corrected chi connectivity index (χ4v) is 3.33. The van der Waals surface area contributed by atoms with E-state index >= 15 is 0 Å². The number of rotatable bonds is 7. The summed E-state index contributed by atoms with van der Waals surface area (Å²) in [6, 6.07) is 17.3. The van der Waals surface area contributed by atoms with Gasteiger partial charge in [-0.2, -0.15) is 0 Å². The van der Waals surface area contributed by atoms with Gasteiger partial charge in [-0.25, -0.2) is 4.39 Å². The van der Waals surface area contributed by atoms with E-state index in [1.165, 1.54) is 30.7 Å². The smallest absolute Gasteiger partial charge is 0.287 e. The average Bonchev–Trinajstić information content (AvgIpc) is 3.44. The van der Waals surface area contributed by atoms with Gasteiger partial charge in [0.2, 0.25) is 0 Å². The predicted molar refractivity (Wildman–Crippen MR) is 108 cm³/mol. The molecule has 1 fully saturated rings.